The van der Waals surface area contributed by atoms with E-state index in [1.165, 1.54) is 64.2 Å². The number of alkyl halides is 2. The molecule has 2 aliphatic rings. The van der Waals surface area contributed by atoms with Crippen LogP contribution in [0.4, 0.5) is 0 Å². The number of fused-ring (bicyclic) bond motifs is 1. The Hall–Kier alpha value is -0.260. The molecule has 0 saturated heterocycles. The lowest BCUT2D eigenvalue weighted by molar-refractivity contribution is -0.124. The lowest BCUT2D eigenvalue weighted by Crippen LogP contribution is -2.30. The van der Waals surface area contributed by atoms with Crippen LogP contribution in [0, 0.1) is 0 Å². The summed E-state index contributed by atoms with van der Waals surface area (Å²) in [6.07, 6.45) is 16.4. The first-order chi connectivity index (χ1) is 20.5. The van der Waals surface area contributed by atoms with Gasteiger partial charge in [0.15, 0.2) is 0 Å². The number of carbonyl (C=O) groups is 2. The first kappa shape index (κ1) is 34.6. The zero-order valence-corrected chi connectivity index (χ0v) is 32.1. The Balaban J connectivity index is 1.54. The molecule has 0 unspecified atom stereocenters. The SMILES string of the molecule is O=C1C2=C(c3ccc(Br)s3)N(CCCCCCCCCBr)C(=O)C2=C(c2ccc(Br)s2)N1CCCCCCCCCBr. The third-order valence-electron chi connectivity index (χ3n) is 7.83. The van der Waals surface area contributed by atoms with Crippen LogP contribution in [-0.4, -0.2) is 45.4 Å². The normalized spacial score (nSPS) is 15.2. The Bertz CT molecular complexity index is 1170. The van der Waals surface area contributed by atoms with E-state index in [4.69, 9.17) is 0 Å². The van der Waals surface area contributed by atoms with Crippen molar-refractivity contribution < 1.29 is 9.59 Å². The summed E-state index contributed by atoms with van der Waals surface area (Å²) in [7, 11) is 0. The van der Waals surface area contributed by atoms with Gasteiger partial charge in [-0.2, -0.15) is 0 Å². The lowest BCUT2D eigenvalue weighted by atomic mass is 10.1. The molecule has 4 nitrogen and oxygen atoms in total. The third kappa shape index (κ3) is 8.93. The predicted molar refractivity (Wildman–Crippen MR) is 194 cm³/mol. The molecule has 0 radical (unpaired) electrons. The Morgan fingerprint density at radius 3 is 1.14 bits per heavy atom. The zero-order chi connectivity index (χ0) is 29.9. The van der Waals surface area contributed by atoms with Crippen molar-refractivity contribution in [2.75, 3.05) is 23.7 Å². The van der Waals surface area contributed by atoms with Crippen LogP contribution in [0.15, 0.2) is 43.0 Å². The van der Waals surface area contributed by atoms with Gasteiger partial charge in [-0.1, -0.05) is 96.1 Å². The highest BCUT2D eigenvalue weighted by Crippen LogP contribution is 2.49. The fraction of sp³-hybridized carbons (Fsp3) is 0.562. The molecule has 4 rings (SSSR count). The molecule has 2 aliphatic heterocycles. The highest BCUT2D eigenvalue weighted by Gasteiger charge is 2.49. The number of amides is 2. The molecule has 10 heteroatoms. The lowest BCUT2D eigenvalue weighted by Gasteiger charge is -2.24. The molecule has 0 aromatic carbocycles. The van der Waals surface area contributed by atoms with Gasteiger partial charge in [-0.15, -0.1) is 22.7 Å². The van der Waals surface area contributed by atoms with E-state index < -0.39 is 0 Å². The van der Waals surface area contributed by atoms with Gasteiger partial charge in [0.05, 0.1) is 39.9 Å². The van der Waals surface area contributed by atoms with Crippen molar-refractivity contribution in [2.24, 2.45) is 0 Å². The van der Waals surface area contributed by atoms with Gasteiger partial charge in [0.2, 0.25) is 0 Å². The number of hydrogen-bond donors (Lipinski definition) is 0. The molecule has 0 saturated carbocycles. The van der Waals surface area contributed by atoms with Crippen molar-refractivity contribution in [3.8, 4) is 0 Å². The van der Waals surface area contributed by atoms with Crippen LogP contribution in [0.1, 0.15) is 99.6 Å². The molecule has 230 valence electrons. The molecule has 42 heavy (non-hydrogen) atoms. The number of rotatable bonds is 20. The number of hydrogen-bond acceptors (Lipinski definition) is 4. The summed E-state index contributed by atoms with van der Waals surface area (Å²) in [5, 5.41) is 2.16. The summed E-state index contributed by atoms with van der Waals surface area (Å²) < 4.78 is 2.00. The Morgan fingerprint density at radius 2 is 0.833 bits per heavy atom. The van der Waals surface area contributed by atoms with Gasteiger partial charge in [-0.3, -0.25) is 9.59 Å². The molecule has 2 aromatic heterocycles. The van der Waals surface area contributed by atoms with Crippen molar-refractivity contribution in [3.63, 3.8) is 0 Å². The van der Waals surface area contributed by atoms with Crippen LogP contribution >= 0.6 is 86.4 Å². The number of nitrogens with zero attached hydrogens (tertiary/aromatic N) is 2. The van der Waals surface area contributed by atoms with Crippen LogP contribution in [-0.2, 0) is 9.59 Å². The molecular weight excluding hydrogens is 828 g/mol. The van der Waals surface area contributed by atoms with E-state index in [9.17, 15) is 9.59 Å². The fourth-order valence-corrected chi connectivity index (χ4v) is 9.40. The fourth-order valence-electron chi connectivity index (χ4n) is 5.72. The topological polar surface area (TPSA) is 40.6 Å². The van der Waals surface area contributed by atoms with Crippen LogP contribution in [0.5, 0.6) is 0 Å². The van der Waals surface area contributed by atoms with Crippen LogP contribution < -0.4 is 0 Å². The minimum Gasteiger partial charge on any atom is -0.306 e. The number of unbranched alkanes of at least 4 members (excludes halogenated alkanes) is 12. The van der Waals surface area contributed by atoms with Crippen LogP contribution in [0.2, 0.25) is 0 Å². The van der Waals surface area contributed by atoms with E-state index in [2.05, 4.69) is 63.7 Å². The number of halogens is 4. The molecule has 0 fully saturated rings. The monoisotopic (exact) mass is 864 g/mol. The first-order valence-corrected chi connectivity index (χ1v) is 20.7. The summed E-state index contributed by atoms with van der Waals surface area (Å²) in [5.41, 5.74) is 2.79. The highest BCUT2D eigenvalue weighted by molar-refractivity contribution is 9.11. The molecular formula is C32H40Br4N2O2S2. The molecule has 0 atom stereocenters. The van der Waals surface area contributed by atoms with Gasteiger partial charge in [-0.05, 0) is 81.8 Å². The molecule has 0 spiro atoms. The smallest absolute Gasteiger partial charge is 0.261 e. The van der Waals surface area contributed by atoms with Gasteiger partial charge in [0.1, 0.15) is 0 Å². The zero-order valence-electron chi connectivity index (χ0n) is 24.1. The molecule has 0 aliphatic carbocycles. The van der Waals surface area contributed by atoms with Gasteiger partial charge in [0, 0.05) is 23.7 Å². The van der Waals surface area contributed by atoms with E-state index in [0.29, 0.717) is 24.2 Å². The maximum atomic E-state index is 14.2. The van der Waals surface area contributed by atoms with Crippen LogP contribution in [0.25, 0.3) is 11.4 Å². The van der Waals surface area contributed by atoms with E-state index in [1.54, 1.807) is 22.7 Å². The molecule has 0 bridgehead atoms. The van der Waals surface area contributed by atoms with Crippen molar-refractivity contribution in [2.45, 2.75) is 89.9 Å². The predicted octanol–water partition coefficient (Wildman–Crippen LogP) is 11.4. The van der Waals surface area contributed by atoms with Crippen LogP contribution in [0.3, 0.4) is 0 Å². The number of thiophene rings is 2. The second kappa shape index (κ2) is 18.0. The largest absolute Gasteiger partial charge is 0.306 e. The molecule has 2 amide bonds. The summed E-state index contributed by atoms with van der Waals surface area (Å²) >= 11 is 17.4. The summed E-state index contributed by atoms with van der Waals surface area (Å²) in [5.74, 6) is -0.0481. The highest BCUT2D eigenvalue weighted by atomic mass is 79.9. The van der Waals surface area contributed by atoms with Gasteiger partial charge < -0.3 is 9.80 Å². The first-order valence-electron chi connectivity index (χ1n) is 15.2. The number of carbonyl (C=O) groups excluding carboxylic acids is 2. The minimum absolute atomic E-state index is 0.0241. The standard InChI is InChI=1S/C32H40Br4N2O2S2/c33-19-11-7-3-1-5-9-13-21-37-29(23-15-17-25(35)41-23)27-28(31(37)39)30(24-16-18-26(36)42-24)38(32(27)40)22-14-10-6-2-4-8-12-20-34/h15-18H,1-14,19-22H2. The Labute approximate surface area is 292 Å². The molecule has 0 N–H and O–H groups in total. The summed E-state index contributed by atoms with van der Waals surface area (Å²) in [4.78, 5) is 34.2. The van der Waals surface area contributed by atoms with E-state index in [0.717, 1.165) is 65.1 Å². The quantitative estimate of drug-likeness (QED) is 0.0983. The second-order valence-corrected chi connectivity index (χ2v) is 17.4. The van der Waals surface area contributed by atoms with Gasteiger partial charge >= 0.3 is 0 Å². The van der Waals surface area contributed by atoms with Crippen molar-refractivity contribution in [3.05, 3.63) is 52.7 Å². The van der Waals surface area contributed by atoms with Crippen molar-refractivity contribution in [1.29, 1.82) is 0 Å². The third-order valence-corrected chi connectivity index (χ3v) is 12.2. The van der Waals surface area contributed by atoms with Crippen molar-refractivity contribution in [1.82, 2.24) is 9.80 Å². The average Bonchev–Trinajstić information content (AvgIpc) is 3.73. The van der Waals surface area contributed by atoms with E-state index in [1.807, 2.05) is 34.1 Å². The van der Waals surface area contributed by atoms with Gasteiger partial charge in [0.25, 0.3) is 11.8 Å². The van der Waals surface area contributed by atoms with E-state index >= 15 is 0 Å². The maximum Gasteiger partial charge on any atom is 0.261 e. The summed E-state index contributed by atoms with van der Waals surface area (Å²) in [6.45, 7) is 1.28. The maximum absolute atomic E-state index is 14.2. The average molecular weight is 868 g/mol. The molecule has 4 heterocycles. The Morgan fingerprint density at radius 1 is 0.500 bits per heavy atom. The van der Waals surface area contributed by atoms with Gasteiger partial charge in [-0.25, -0.2) is 0 Å². The second-order valence-electron chi connectivity index (χ2n) is 10.9. The van der Waals surface area contributed by atoms with E-state index in [-0.39, 0.29) is 11.8 Å². The Kier molecular flexibility index (Phi) is 14.9. The summed E-state index contributed by atoms with van der Waals surface area (Å²) in [6, 6.07) is 8.10. The minimum atomic E-state index is -0.0241. The van der Waals surface area contributed by atoms with Crippen molar-refractivity contribution >= 4 is 110 Å². The molecule has 2 aromatic rings.